The van der Waals surface area contributed by atoms with Crippen molar-refractivity contribution in [2.24, 2.45) is 0 Å². The minimum Gasteiger partial charge on any atom is -0.467 e. The molecule has 0 aliphatic carbocycles. The Morgan fingerprint density at radius 1 is 1.29 bits per heavy atom. The van der Waals surface area contributed by atoms with Crippen LogP contribution in [0.15, 0.2) is 41.0 Å². The van der Waals surface area contributed by atoms with Crippen LogP contribution in [0, 0.1) is 6.92 Å². The summed E-state index contributed by atoms with van der Waals surface area (Å²) in [5.41, 5.74) is 2.03. The van der Waals surface area contributed by atoms with E-state index in [1.807, 2.05) is 37.3 Å². The van der Waals surface area contributed by atoms with Crippen molar-refractivity contribution in [1.82, 2.24) is 0 Å². The molecule has 0 radical (unpaired) electrons. The number of anilines is 1. The number of rotatable bonds is 4. The summed E-state index contributed by atoms with van der Waals surface area (Å²) >= 11 is 6.26. The molecule has 3 heteroatoms. The largest absolute Gasteiger partial charge is 0.467 e. The number of aryl methyl sites for hydroxylation is 1. The van der Waals surface area contributed by atoms with Crippen LogP contribution in [-0.4, -0.2) is 0 Å². The van der Waals surface area contributed by atoms with Gasteiger partial charge in [-0.2, -0.15) is 0 Å². The average Bonchev–Trinajstić information content (AvgIpc) is 2.85. The van der Waals surface area contributed by atoms with Gasteiger partial charge in [0, 0.05) is 0 Å². The summed E-state index contributed by atoms with van der Waals surface area (Å²) in [5.74, 6) is 0.935. The lowest BCUT2D eigenvalue weighted by Gasteiger charge is -2.17. The predicted octanol–water partition coefficient (Wildman–Crippen LogP) is 4.80. The van der Waals surface area contributed by atoms with Crippen molar-refractivity contribution < 1.29 is 4.42 Å². The van der Waals surface area contributed by atoms with Crippen molar-refractivity contribution in [2.75, 3.05) is 5.32 Å². The second-order valence-electron chi connectivity index (χ2n) is 4.06. The first-order valence-electron chi connectivity index (χ1n) is 5.77. The molecule has 1 heterocycles. The third-order valence-corrected chi connectivity index (χ3v) is 3.32. The molecule has 0 aliphatic heterocycles. The fourth-order valence-corrected chi connectivity index (χ4v) is 1.99. The maximum absolute atomic E-state index is 6.26. The Labute approximate surface area is 107 Å². The SMILES string of the molecule is CCC(Nc1cccc(C)c1Cl)c1ccco1. The van der Waals surface area contributed by atoms with Gasteiger partial charge in [-0.1, -0.05) is 30.7 Å². The standard InChI is InChI=1S/C14H16ClNO/c1-3-11(13-8-5-9-17-13)16-12-7-4-6-10(2)14(12)15/h4-9,11,16H,3H2,1-2H3. The molecule has 90 valence electrons. The summed E-state index contributed by atoms with van der Waals surface area (Å²) in [7, 11) is 0. The van der Waals surface area contributed by atoms with E-state index in [0.717, 1.165) is 28.5 Å². The van der Waals surface area contributed by atoms with Gasteiger partial charge < -0.3 is 9.73 Å². The van der Waals surface area contributed by atoms with Gasteiger partial charge in [0.15, 0.2) is 0 Å². The summed E-state index contributed by atoms with van der Waals surface area (Å²) in [6, 6.07) is 10.0. The van der Waals surface area contributed by atoms with Crippen LogP contribution in [0.25, 0.3) is 0 Å². The van der Waals surface area contributed by atoms with Crippen LogP contribution >= 0.6 is 11.6 Å². The van der Waals surface area contributed by atoms with E-state index < -0.39 is 0 Å². The van der Waals surface area contributed by atoms with Crippen molar-refractivity contribution in [3.63, 3.8) is 0 Å². The molecular weight excluding hydrogens is 234 g/mol. The Hall–Kier alpha value is -1.41. The van der Waals surface area contributed by atoms with Crippen LogP contribution < -0.4 is 5.32 Å². The van der Waals surface area contributed by atoms with Crippen molar-refractivity contribution in [1.29, 1.82) is 0 Å². The molecule has 2 nitrogen and oxygen atoms in total. The van der Waals surface area contributed by atoms with Gasteiger partial charge in [0.25, 0.3) is 0 Å². The van der Waals surface area contributed by atoms with E-state index in [0.29, 0.717) is 0 Å². The van der Waals surface area contributed by atoms with Crippen LogP contribution in [0.5, 0.6) is 0 Å². The normalized spacial score (nSPS) is 12.4. The number of benzene rings is 1. The maximum Gasteiger partial charge on any atom is 0.125 e. The highest BCUT2D eigenvalue weighted by atomic mass is 35.5. The van der Waals surface area contributed by atoms with E-state index in [1.165, 1.54) is 0 Å². The summed E-state index contributed by atoms with van der Waals surface area (Å²) in [4.78, 5) is 0. The Bertz CT molecular complexity index is 479. The zero-order valence-corrected chi connectivity index (χ0v) is 10.8. The first-order chi connectivity index (χ1) is 8.22. The predicted molar refractivity (Wildman–Crippen MR) is 71.6 cm³/mol. The lowest BCUT2D eigenvalue weighted by molar-refractivity contribution is 0.474. The molecule has 1 aromatic heterocycles. The molecule has 1 N–H and O–H groups in total. The molecule has 1 unspecified atom stereocenters. The third-order valence-electron chi connectivity index (χ3n) is 2.82. The van der Waals surface area contributed by atoms with Gasteiger partial charge in [-0.3, -0.25) is 0 Å². The molecule has 0 aliphatic rings. The highest BCUT2D eigenvalue weighted by molar-refractivity contribution is 6.34. The fourth-order valence-electron chi connectivity index (χ4n) is 1.81. The summed E-state index contributed by atoms with van der Waals surface area (Å²) in [5, 5.41) is 4.19. The third kappa shape index (κ3) is 2.64. The molecule has 0 saturated heterocycles. The molecule has 0 spiro atoms. The van der Waals surface area contributed by atoms with Crippen molar-refractivity contribution in [3.8, 4) is 0 Å². The quantitative estimate of drug-likeness (QED) is 0.842. The Balaban J connectivity index is 2.22. The van der Waals surface area contributed by atoms with Crippen molar-refractivity contribution in [2.45, 2.75) is 26.3 Å². The van der Waals surface area contributed by atoms with Gasteiger partial charge in [-0.25, -0.2) is 0 Å². The summed E-state index contributed by atoms with van der Waals surface area (Å²) < 4.78 is 5.42. The van der Waals surface area contributed by atoms with E-state index >= 15 is 0 Å². The molecule has 1 aromatic carbocycles. The van der Waals surface area contributed by atoms with Crippen LogP contribution in [0.3, 0.4) is 0 Å². The Kier molecular flexibility index (Phi) is 3.75. The minimum absolute atomic E-state index is 0.157. The van der Waals surface area contributed by atoms with Crippen LogP contribution in [0.4, 0.5) is 5.69 Å². The van der Waals surface area contributed by atoms with Crippen LogP contribution in [-0.2, 0) is 0 Å². The highest BCUT2D eigenvalue weighted by Crippen LogP contribution is 2.30. The lowest BCUT2D eigenvalue weighted by atomic mass is 10.1. The molecule has 2 aromatic rings. The van der Waals surface area contributed by atoms with Gasteiger partial charge in [-0.05, 0) is 37.1 Å². The molecular formula is C14H16ClNO. The van der Waals surface area contributed by atoms with Crippen molar-refractivity contribution in [3.05, 3.63) is 52.9 Å². The topological polar surface area (TPSA) is 25.2 Å². The van der Waals surface area contributed by atoms with Gasteiger partial charge in [0.05, 0.1) is 23.0 Å². The first kappa shape index (κ1) is 12.1. The van der Waals surface area contributed by atoms with Crippen LogP contribution in [0.1, 0.15) is 30.7 Å². The first-order valence-corrected chi connectivity index (χ1v) is 6.15. The van der Waals surface area contributed by atoms with Gasteiger partial charge >= 0.3 is 0 Å². The Morgan fingerprint density at radius 2 is 2.12 bits per heavy atom. The lowest BCUT2D eigenvalue weighted by Crippen LogP contribution is -2.09. The summed E-state index contributed by atoms with van der Waals surface area (Å²) in [6.07, 6.45) is 2.63. The van der Waals surface area contributed by atoms with Gasteiger partial charge in [-0.15, -0.1) is 0 Å². The molecule has 2 rings (SSSR count). The number of nitrogens with one attached hydrogen (secondary N) is 1. The van der Waals surface area contributed by atoms with Gasteiger partial charge in [0.1, 0.15) is 5.76 Å². The highest BCUT2D eigenvalue weighted by Gasteiger charge is 2.13. The molecule has 0 saturated carbocycles. The number of halogens is 1. The molecule has 0 fully saturated rings. The van der Waals surface area contributed by atoms with E-state index in [9.17, 15) is 0 Å². The minimum atomic E-state index is 0.157. The molecule has 0 amide bonds. The number of furan rings is 1. The zero-order valence-electron chi connectivity index (χ0n) is 10.0. The van der Waals surface area contributed by atoms with E-state index in [2.05, 4.69) is 12.2 Å². The Morgan fingerprint density at radius 3 is 2.76 bits per heavy atom. The maximum atomic E-state index is 6.26. The molecule has 0 bridgehead atoms. The smallest absolute Gasteiger partial charge is 0.125 e. The van der Waals surface area contributed by atoms with E-state index in [-0.39, 0.29) is 6.04 Å². The van der Waals surface area contributed by atoms with E-state index in [4.69, 9.17) is 16.0 Å². The summed E-state index contributed by atoms with van der Waals surface area (Å²) in [6.45, 7) is 4.12. The second kappa shape index (κ2) is 5.28. The number of hydrogen-bond acceptors (Lipinski definition) is 2. The second-order valence-corrected chi connectivity index (χ2v) is 4.44. The molecule has 17 heavy (non-hydrogen) atoms. The molecule has 1 atom stereocenters. The number of hydrogen-bond donors (Lipinski definition) is 1. The fraction of sp³-hybridized carbons (Fsp3) is 0.286. The van der Waals surface area contributed by atoms with Crippen molar-refractivity contribution >= 4 is 17.3 Å². The van der Waals surface area contributed by atoms with E-state index in [1.54, 1.807) is 6.26 Å². The van der Waals surface area contributed by atoms with Crippen LogP contribution in [0.2, 0.25) is 5.02 Å². The zero-order chi connectivity index (χ0) is 12.3. The van der Waals surface area contributed by atoms with Gasteiger partial charge in [0.2, 0.25) is 0 Å². The monoisotopic (exact) mass is 249 g/mol. The average molecular weight is 250 g/mol.